The fraction of sp³-hybridized carbons (Fsp3) is 0.357. The average Bonchev–Trinajstić information content (AvgIpc) is 2.99. The molecule has 0 spiro atoms. The third-order valence-electron chi connectivity index (χ3n) is 3.38. The van der Waals surface area contributed by atoms with Crippen molar-refractivity contribution >= 4 is 5.78 Å². The monoisotopic (exact) mass is 241 g/mol. The first-order chi connectivity index (χ1) is 8.83. The fourth-order valence-corrected chi connectivity index (χ4v) is 2.43. The van der Waals surface area contributed by atoms with Gasteiger partial charge in [0.25, 0.3) is 0 Å². The van der Waals surface area contributed by atoms with Gasteiger partial charge in [-0.15, -0.1) is 5.10 Å². The van der Waals surface area contributed by atoms with Gasteiger partial charge in [0.15, 0.2) is 5.78 Å². The van der Waals surface area contributed by atoms with Gasteiger partial charge in [-0.2, -0.15) is 0 Å². The molecule has 0 bridgehead atoms. The third-order valence-corrected chi connectivity index (χ3v) is 3.38. The molecule has 0 aliphatic heterocycles. The van der Waals surface area contributed by atoms with Crippen molar-refractivity contribution in [1.29, 1.82) is 0 Å². The van der Waals surface area contributed by atoms with Gasteiger partial charge in [-0.1, -0.05) is 35.5 Å². The van der Waals surface area contributed by atoms with Crippen LogP contribution in [0.4, 0.5) is 0 Å². The zero-order valence-electron chi connectivity index (χ0n) is 10.1. The molecule has 1 atom stereocenters. The van der Waals surface area contributed by atoms with Crippen molar-refractivity contribution in [2.45, 2.75) is 31.7 Å². The Kier molecular flexibility index (Phi) is 2.92. The molecule has 1 heterocycles. The Labute approximate surface area is 106 Å². The number of aromatic nitrogens is 3. The Balaban J connectivity index is 1.76. The molecule has 4 heteroatoms. The van der Waals surface area contributed by atoms with Crippen LogP contribution in [0.15, 0.2) is 36.5 Å². The second kappa shape index (κ2) is 4.72. The number of carbonyl (C=O) groups is 1. The van der Waals surface area contributed by atoms with Gasteiger partial charge in [0, 0.05) is 19.0 Å². The molecule has 2 aromatic rings. The first-order valence-electron chi connectivity index (χ1n) is 6.30. The van der Waals surface area contributed by atoms with Gasteiger partial charge in [0.2, 0.25) is 0 Å². The summed E-state index contributed by atoms with van der Waals surface area (Å²) in [5, 5.41) is 8.24. The number of nitrogens with zero attached hydrogens (tertiary/aromatic N) is 3. The maximum atomic E-state index is 11.7. The van der Waals surface area contributed by atoms with Gasteiger partial charge in [0.1, 0.15) is 6.04 Å². The summed E-state index contributed by atoms with van der Waals surface area (Å²) in [6, 6.07) is 10.1. The maximum absolute atomic E-state index is 11.7. The quantitative estimate of drug-likeness (QED) is 0.827. The summed E-state index contributed by atoms with van der Waals surface area (Å²) in [7, 11) is 0. The van der Waals surface area contributed by atoms with E-state index in [4.69, 9.17) is 0 Å². The highest BCUT2D eigenvalue weighted by Gasteiger charge is 2.26. The number of hydrogen-bond donors (Lipinski definition) is 0. The summed E-state index contributed by atoms with van der Waals surface area (Å²) in [5.41, 5.74) is 2.13. The Bertz CT molecular complexity index is 547. The minimum Gasteiger partial charge on any atom is -0.297 e. The normalized spacial score (nSPS) is 19.3. The maximum Gasteiger partial charge on any atom is 0.157 e. The predicted molar refractivity (Wildman–Crippen MR) is 67.2 cm³/mol. The summed E-state index contributed by atoms with van der Waals surface area (Å²) < 4.78 is 1.73. The molecule has 92 valence electrons. The van der Waals surface area contributed by atoms with Crippen LogP contribution in [0, 0.1) is 0 Å². The summed E-state index contributed by atoms with van der Waals surface area (Å²) in [5.74, 6) is 0.283. The molecule has 1 unspecified atom stereocenters. The Hall–Kier alpha value is -1.97. The summed E-state index contributed by atoms with van der Waals surface area (Å²) in [4.78, 5) is 11.7. The van der Waals surface area contributed by atoms with Crippen LogP contribution >= 0.6 is 0 Å². The smallest absolute Gasteiger partial charge is 0.157 e. The molecule has 0 amide bonds. The molecule has 0 radical (unpaired) electrons. The largest absolute Gasteiger partial charge is 0.297 e. The van der Waals surface area contributed by atoms with E-state index >= 15 is 0 Å². The zero-order valence-corrected chi connectivity index (χ0v) is 10.1. The van der Waals surface area contributed by atoms with Crippen molar-refractivity contribution in [1.82, 2.24) is 15.0 Å². The van der Waals surface area contributed by atoms with Crippen molar-refractivity contribution in [3.8, 4) is 0 Å². The molecule has 3 rings (SSSR count). The molecular weight excluding hydrogens is 226 g/mol. The second-order valence-electron chi connectivity index (χ2n) is 4.73. The van der Waals surface area contributed by atoms with Crippen LogP contribution in [0.5, 0.6) is 0 Å². The van der Waals surface area contributed by atoms with Crippen LogP contribution in [0.2, 0.25) is 0 Å². The van der Waals surface area contributed by atoms with Crippen molar-refractivity contribution < 1.29 is 4.79 Å². The number of carbonyl (C=O) groups excluding carboxylic acids is 1. The minimum absolute atomic E-state index is 0.0815. The summed E-state index contributed by atoms with van der Waals surface area (Å²) in [6.45, 7) is 0. The number of Topliss-reactive ketones (excluding diaryl/α,β-unsaturated/α-hetero) is 1. The third kappa shape index (κ3) is 2.18. The van der Waals surface area contributed by atoms with E-state index in [9.17, 15) is 4.79 Å². The van der Waals surface area contributed by atoms with E-state index in [1.807, 2.05) is 24.4 Å². The van der Waals surface area contributed by atoms with E-state index in [0.29, 0.717) is 6.42 Å². The van der Waals surface area contributed by atoms with Crippen LogP contribution < -0.4 is 0 Å². The minimum atomic E-state index is -0.0815. The Morgan fingerprint density at radius 3 is 2.83 bits per heavy atom. The van der Waals surface area contributed by atoms with Gasteiger partial charge in [-0.25, -0.2) is 4.68 Å². The number of ketones is 1. The average molecular weight is 241 g/mol. The second-order valence-corrected chi connectivity index (χ2v) is 4.73. The molecule has 0 saturated heterocycles. The summed E-state index contributed by atoms with van der Waals surface area (Å²) in [6.07, 6.45) is 5.21. The van der Waals surface area contributed by atoms with Gasteiger partial charge in [-0.3, -0.25) is 4.79 Å². The lowest BCUT2D eigenvalue weighted by atomic mass is 10.1. The van der Waals surface area contributed by atoms with E-state index in [1.165, 1.54) is 5.56 Å². The highest BCUT2D eigenvalue weighted by Crippen LogP contribution is 2.25. The van der Waals surface area contributed by atoms with Crippen LogP contribution in [-0.4, -0.2) is 20.8 Å². The number of rotatable bonds is 3. The molecule has 0 N–H and O–H groups in total. The number of benzene rings is 1. The highest BCUT2D eigenvalue weighted by atomic mass is 16.1. The molecule has 1 aliphatic carbocycles. The highest BCUT2D eigenvalue weighted by molar-refractivity contribution is 5.84. The van der Waals surface area contributed by atoms with Gasteiger partial charge in [-0.05, 0) is 18.4 Å². The van der Waals surface area contributed by atoms with Crippen LogP contribution in [0.1, 0.15) is 36.6 Å². The number of hydrogen-bond acceptors (Lipinski definition) is 3. The van der Waals surface area contributed by atoms with E-state index in [0.717, 1.165) is 25.0 Å². The van der Waals surface area contributed by atoms with Crippen molar-refractivity contribution in [3.63, 3.8) is 0 Å². The van der Waals surface area contributed by atoms with E-state index in [1.54, 1.807) is 4.68 Å². The SMILES string of the molecule is O=C1CCCC1n1cc(Cc2ccccc2)nn1. The lowest BCUT2D eigenvalue weighted by Gasteiger charge is -2.05. The first kappa shape index (κ1) is 11.1. The van der Waals surface area contributed by atoms with E-state index in [2.05, 4.69) is 22.4 Å². The zero-order chi connectivity index (χ0) is 12.4. The predicted octanol–water partition coefficient (Wildman–Crippen LogP) is 2.16. The molecule has 18 heavy (non-hydrogen) atoms. The van der Waals surface area contributed by atoms with Gasteiger partial charge >= 0.3 is 0 Å². The van der Waals surface area contributed by atoms with Gasteiger partial charge in [0.05, 0.1) is 5.69 Å². The van der Waals surface area contributed by atoms with E-state index < -0.39 is 0 Å². The molecule has 4 nitrogen and oxygen atoms in total. The van der Waals surface area contributed by atoms with Crippen LogP contribution in [0.25, 0.3) is 0 Å². The standard InChI is InChI=1S/C14H15N3O/c18-14-8-4-7-13(14)17-10-12(15-16-17)9-11-5-2-1-3-6-11/h1-3,5-6,10,13H,4,7-9H2. The molecule has 1 fully saturated rings. The van der Waals surface area contributed by atoms with Crippen molar-refractivity contribution in [3.05, 3.63) is 47.8 Å². The van der Waals surface area contributed by atoms with Crippen molar-refractivity contribution in [2.75, 3.05) is 0 Å². The topological polar surface area (TPSA) is 47.8 Å². The lowest BCUT2D eigenvalue weighted by molar-refractivity contribution is -0.120. The molecule has 1 aromatic carbocycles. The molecular formula is C14H15N3O. The van der Waals surface area contributed by atoms with Gasteiger partial charge < -0.3 is 0 Å². The van der Waals surface area contributed by atoms with E-state index in [-0.39, 0.29) is 11.8 Å². The summed E-state index contributed by atoms with van der Waals surface area (Å²) >= 11 is 0. The first-order valence-corrected chi connectivity index (χ1v) is 6.30. The fourth-order valence-electron chi connectivity index (χ4n) is 2.43. The van der Waals surface area contributed by atoms with Crippen LogP contribution in [0.3, 0.4) is 0 Å². The molecule has 1 saturated carbocycles. The Morgan fingerprint density at radius 2 is 2.11 bits per heavy atom. The lowest BCUT2D eigenvalue weighted by Crippen LogP contribution is -2.13. The molecule has 1 aromatic heterocycles. The Morgan fingerprint density at radius 1 is 1.28 bits per heavy atom. The molecule has 1 aliphatic rings. The van der Waals surface area contributed by atoms with Crippen molar-refractivity contribution in [2.24, 2.45) is 0 Å². The van der Waals surface area contributed by atoms with Crippen LogP contribution in [-0.2, 0) is 11.2 Å².